The molecule has 4 bridgehead atoms. The van der Waals surface area contributed by atoms with E-state index in [2.05, 4.69) is 34.8 Å². The summed E-state index contributed by atoms with van der Waals surface area (Å²) in [5, 5.41) is 16.3. The molecule has 0 atom stereocenters. The Kier molecular flexibility index (Phi) is 7.36. The average molecular weight is 571 g/mol. The molecule has 218 valence electrons. The number of rotatable bonds is 9. The van der Waals surface area contributed by atoms with E-state index in [4.69, 9.17) is 4.74 Å². The van der Waals surface area contributed by atoms with Crippen molar-refractivity contribution >= 4 is 11.6 Å². The molecule has 5 nitrogen and oxygen atoms in total. The first-order valence-corrected chi connectivity index (χ1v) is 15.5. The second kappa shape index (κ2) is 11.5. The Morgan fingerprint density at radius 1 is 0.744 bits per heavy atom. The summed E-state index contributed by atoms with van der Waals surface area (Å²) < 4.78 is 6.24. The molecule has 0 aromatic heterocycles. The Morgan fingerprint density at radius 3 is 1.74 bits per heavy atom. The summed E-state index contributed by atoms with van der Waals surface area (Å²) in [4.78, 5) is 13.7. The van der Waals surface area contributed by atoms with Crippen LogP contribution >= 0.6 is 0 Å². The van der Waals surface area contributed by atoms with Gasteiger partial charge >= 0.3 is 0 Å². The number of hydrogen-bond donors (Lipinski definition) is 2. The van der Waals surface area contributed by atoms with E-state index in [1.54, 1.807) is 48.5 Å². The lowest BCUT2D eigenvalue weighted by molar-refractivity contribution is -0.136. The van der Waals surface area contributed by atoms with Crippen LogP contribution in [0, 0.1) is 17.8 Å². The zero-order chi connectivity index (χ0) is 29.3. The van der Waals surface area contributed by atoms with Crippen molar-refractivity contribution in [3.05, 3.63) is 138 Å². The molecule has 4 aliphatic carbocycles. The van der Waals surface area contributed by atoms with Crippen LogP contribution in [0.15, 0.2) is 120 Å². The van der Waals surface area contributed by atoms with E-state index in [9.17, 15) is 9.90 Å². The van der Waals surface area contributed by atoms with E-state index in [1.165, 1.54) is 44.1 Å². The fourth-order valence-electron chi connectivity index (χ4n) is 8.32. The van der Waals surface area contributed by atoms with Gasteiger partial charge < -0.3 is 9.84 Å². The van der Waals surface area contributed by atoms with Gasteiger partial charge in [-0.15, -0.1) is 0 Å². The summed E-state index contributed by atoms with van der Waals surface area (Å²) in [5.41, 5.74) is 4.87. The zero-order valence-corrected chi connectivity index (χ0v) is 24.4. The fraction of sp³-hybridized carbons (Fsp3) is 0.316. The maximum absolute atomic E-state index is 13.7. The molecule has 4 fully saturated rings. The van der Waals surface area contributed by atoms with Crippen LogP contribution in [0.4, 0.5) is 0 Å². The van der Waals surface area contributed by atoms with Crippen LogP contribution in [-0.4, -0.2) is 23.3 Å². The highest BCUT2D eigenvalue weighted by Crippen LogP contribution is 2.60. The molecular formula is C38H38N2O3. The highest BCUT2D eigenvalue weighted by atomic mass is 16.5. The van der Waals surface area contributed by atoms with Gasteiger partial charge in [0, 0.05) is 5.56 Å². The molecule has 0 radical (unpaired) electrons. The first-order valence-electron chi connectivity index (χ1n) is 15.5. The van der Waals surface area contributed by atoms with Gasteiger partial charge in [-0.3, -0.25) is 4.79 Å². The topological polar surface area (TPSA) is 70.9 Å². The Labute approximate surface area is 253 Å². The van der Waals surface area contributed by atoms with E-state index in [1.807, 2.05) is 42.5 Å². The molecule has 0 heterocycles. The smallest absolute Gasteiger partial charge is 0.281 e. The summed E-state index contributed by atoms with van der Waals surface area (Å²) >= 11 is 0. The van der Waals surface area contributed by atoms with Crippen molar-refractivity contribution < 1.29 is 14.6 Å². The average Bonchev–Trinajstić information content (AvgIpc) is 3.05. The SMILES string of the molecule is O=C(N/N=C(/COc1ccc(C23CC4CC(CC(C4)C2)C3)cc1)c1ccccc1)C(O)(c1ccccc1)c1ccccc1. The third-order valence-electron chi connectivity index (χ3n) is 9.99. The van der Waals surface area contributed by atoms with Crippen LogP contribution in [-0.2, 0) is 15.8 Å². The molecule has 0 spiro atoms. The third-order valence-corrected chi connectivity index (χ3v) is 9.99. The van der Waals surface area contributed by atoms with Crippen molar-refractivity contribution in [3.8, 4) is 5.75 Å². The van der Waals surface area contributed by atoms with Crippen molar-refractivity contribution in [2.45, 2.75) is 49.5 Å². The predicted octanol–water partition coefficient (Wildman–Crippen LogP) is 6.99. The van der Waals surface area contributed by atoms with Crippen molar-refractivity contribution in [2.75, 3.05) is 6.61 Å². The van der Waals surface area contributed by atoms with Crippen LogP contribution in [0.1, 0.15) is 60.8 Å². The number of hydrogen-bond acceptors (Lipinski definition) is 4. The largest absolute Gasteiger partial charge is 0.487 e. The Morgan fingerprint density at radius 2 is 1.23 bits per heavy atom. The van der Waals surface area contributed by atoms with Gasteiger partial charge in [-0.1, -0.05) is 103 Å². The highest BCUT2D eigenvalue weighted by molar-refractivity contribution is 6.02. The maximum atomic E-state index is 13.7. The van der Waals surface area contributed by atoms with Crippen molar-refractivity contribution in [1.82, 2.24) is 5.43 Å². The molecule has 5 heteroatoms. The van der Waals surface area contributed by atoms with E-state index in [0.717, 1.165) is 29.1 Å². The predicted molar refractivity (Wildman–Crippen MR) is 169 cm³/mol. The van der Waals surface area contributed by atoms with Gasteiger partial charge in [0.2, 0.25) is 0 Å². The number of carbonyl (C=O) groups is 1. The van der Waals surface area contributed by atoms with E-state index < -0.39 is 11.5 Å². The minimum atomic E-state index is -1.91. The van der Waals surface area contributed by atoms with Gasteiger partial charge in [-0.05, 0) is 90.5 Å². The second-order valence-corrected chi connectivity index (χ2v) is 12.8. The lowest BCUT2D eigenvalue weighted by Gasteiger charge is -2.57. The van der Waals surface area contributed by atoms with Gasteiger partial charge in [-0.2, -0.15) is 5.10 Å². The van der Waals surface area contributed by atoms with Crippen LogP contribution in [0.3, 0.4) is 0 Å². The van der Waals surface area contributed by atoms with E-state index in [0.29, 0.717) is 22.3 Å². The molecular weight excluding hydrogens is 532 g/mol. The number of ether oxygens (including phenoxy) is 1. The van der Waals surface area contributed by atoms with Gasteiger partial charge in [0.15, 0.2) is 5.60 Å². The zero-order valence-electron chi connectivity index (χ0n) is 24.4. The van der Waals surface area contributed by atoms with Crippen molar-refractivity contribution in [1.29, 1.82) is 0 Å². The highest BCUT2D eigenvalue weighted by Gasteiger charge is 2.51. The standard InChI is InChI=1S/C38H38N2O3/c41-36(38(42,32-12-6-2-7-13-32)33-14-8-3-9-15-33)40-39-35(30-10-4-1-5-11-30)26-43-34-18-16-31(17-19-34)37-23-27-20-28(24-37)22-29(21-27)25-37/h1-19,27-29,42H,20-26H2,(H,40,41)/b39-35-. The Bertz CT molecular complexity index is 1510. The Balaban J connectivity index is 1.10. The summed E-state index contributed by atoms with van der Waals surface area (Å²) in [7, 11) is 0. The summed E-state index contributed by atoms with van der Waals surface area (Å²) in [5.74, 6) is 2.85. The van der Waals surface area contributed by atoms with Crippen molar-refractivity contribution in [2.24, 2.45) is 22.9 Å². The monoisotopic (exact) mass is 570 g/mol. The van der Waals surface area contributed by atoms with Gasteiger partial charge in [-0.25, -0.2) is 5.43 Å². The molecule has 4 aromatic rings. The molecule has 0 saturated heterocycles. The maximum Gasteiger partial charge on any atom is 0.281 e. The van der Waals surface area contributed by atoms with Crippen LogP contribution in [0.25, 0.3) is 0 Å². The molecule has 4 saturated carbocycles. The number of nitrogens with zero attached hydrogens (tertiary/aromatic N) is 1. The van der Waals surface area contributed by atoms with Crippen LogP contribution in [0.2, 0.25) is 0 Å². The normalized spacial score (nSPS) is 24.5. The minimum Gasteiger partial charge on any atom is -0.487 e. The molecule has 0 aliphatic heterocycles. The number of benzene rings is 4. The molecule has 8 rings (SSSR count). The summed E-state index contributed by atoms with van der Waals surface area (Å²) in [6.07, 6.45) is 8.32. The molecule has 4 aromatic carbocycles. The molecule has 2 N–H and O–H groups in total. The van der Waals surface area contributed by atoms with Crippen LogP contribution in [0.5, 0.6) is 5.75 Å². The number of hydrazone groups is 1. The number of aliphatic hydroxyl groups is 1. The number of nitrogens with one attached hydrogen (secondary N) is 1. The molecule has 0 unspecified atom stereocenters. The van der Waals surface area contributed by atoms with Gasteiger partial charge in [0.05, 0.1) is 0 Å². The quantitative estimate of drug-likeness (QED) is 0.168. The van der Waals surface area contributed by atoms with E-state index in [-0.39, 0.29) is 6.61 Å². The second-order valence-electron chi connectivity index (χ2n) is 12.8. The molecule has 4 aliphatic rings. The van der Waals surface area contributed by atoms with Crippen LogP contribution < -0.4 is 10.2 Å². The first kappa shape index (κ1) is 27.6. The Hall–Kier alpha value is -4.22. The lowest BCUT2D eigenvalue weighted by Crippen LogP contribution is -2.48. The van der Waals surface area contributed by atoms with Gasteiger partial charge in [0.1, 0.15) is 18.1 Å². The number of carbonyl (C=O) groups excluding carboxylic acids is 1. The first-order chi connectivity index (χ1) is 21.0. The van der Waals surface area contributed by atoms with Gasteiger partial charge in [0.25, 0.3) is 5.91 Å². The summed E-state index contributed by atoms with van der Waals surface area (Å²) in [6, 6.07) is 36.2. The summed E-state index contributed by atoms with van der Waals surface area (Å²) in [6.45, 7) is 0.163. The number of amides is 1. The minimum absolute atomic E-state index is 0.163. The lowest BCUT2D eigenvalue weighted by atomic mass is 9.48. The molecule has 43 heavy (non-hydrogen) atoms. The molecule has 1 amide bonds. The fourth-order valence-corrected chi connectivity index (χ4v) is 8.32. The van der Waals surface area contributed by atoms with Crippen molar-refractivity contribution in [3.63, 3.8) is 0 Å². The van der Waals surface area contributed by atoms with E-state index >= 15 is 0 Å². The third kappa shape index (κ3) is 5.38.